The van der Waals surface area contributed by atoms with E-state index >= 15 is 0 Å². The first kappa shape index (κ1) is 19.4. The van der Waals surface area contributed by atoms with Crippen LogP contribution < -0.4 is 5.32 Å². The van der Waals surface area contributed by atoms with E-state index in [0.29, 0.717) is 13.0 Å². The molecule has 1 aliphatic rings. The van der Waals surface area contributed by atoms with Crippen LogP contribution in [0.25, 0.3) is 0 Å². The summed E-state index contributed by atoms with van der Waals surface area (Å²) in [6.45, 7) is 5.67. The summed E-state index contributed by atoms with van der Waals surface area (Å²) in [5.74, 6) is -0.254. The predicted molar refractivity (Wildman–Crippen MR) is 78.0 cm³/mol. The van der Waals surface area contributed by atoms with Crippen molar-refractivity contribution in [3.63, 3.8) is 0 Å². The minimum absolute atomic E-state index is 0.140. The maximum Gasteiger partial charge on any atom is 0.408 e. The van der Waals surface area contributed by atoms with Crippen molar-refractivity contribution in [3.05, 3.63) is 0 Å². The molecular formula is C14H26N2O5. The van der Waals surface area contributed by atoms with Gasteiger partial charge in [0, 0.05) is 20.8 Å². The molecule has 7 heteroatoms. The molecule has 1 atom stereocenters. The highest BCUT2D eigenvalue weighted by atomic mass is 16.6. The van der Waals surface area contributed by atoms with Crippen molar-refractivity contribution in [3.8, 4) is 0 Å². The second kappa shape index (κ2) is 9.33. The first-order chi connectivity index (χ1) is 9.75. The molecule has 0 radical (unpaired) electrons. The lowest BCUT2D eigenvalue weighted by Crippen LogP contribution is -2.44. The Morgan fingerprint density at radius 1 is 1.33 bits per heavy atom. The van der Waals surface area contributed by atoms with Gasteiger partial charge in [-0.1, -0.05) is 0 Å². The average Bonchev–Trinajstić information content (AvgIpc) is 2.83. The van der Waals surface area contributed by atoms with Crippen molar-refractivity contribution in [1.82, 2.24) is 10.2 Å². The summed E-state index contributed by atoms with van der Waals surface area (Å²) in [4.78, 5) is 35.4. The molecule has 1 N–H and O–H groups in total. The molecule has 1 saturated heterocycles. The van der Waals surface area contributed by atoms with Crippen LogP contribution in [0, 0.1) is 0 Å². The Morgan fingerprint density at radius 2 is 1.90 bits per heavy atom. The van der Waals surface area contributed by atoms with Gasteiger partial charge in [0.2, 0.25) is 5.91 Å². The molecular weight excluding hydrogens is 276 g/mol. The van der Waals surface area contributed by atoms with E-state index in [4.69, 9.17) is 4.74 Å². The molecule has 0 spiro atoms. The molecule has 0 aromatic carbocycles. The first-order valence-corrected chi connectivity index (χ1v) is 6.87. The summed E-state index contributed by atoms with van der Waals surface area (Å²) in [7, 11) is 3.25. The Kier molecular flexibility index (Phi) is 8.61. The van der Waals surface area contributed by atoms with Crippen LogP contribution in [0.15, 0.2) is 0 Å². The van der Waals surface area contributed by atoms with Gasteiger partial charge in [-0.3, -0.25) is 4.79 Å². The van der Waals surface area contributed by atoms with Gasteiger partial charge in [0.15, 0.2) is 0 Å². The number of rotatable bonds is 3. The Labute approximate surface area is 126 Å². The summed E-state index contributed by atoms with van der Waals surface area (Å²) in [6.07, 6.45) is 1.67. The molecule has 0 saturated carbocycles. The third-order valence-electron chi connectivity index (χ3n) is 2.56. The Hall–Kier alpha value is -1.63. The van der Waals surface area contributed by atoms with E-state index in [2.05, 4.69) is 10.1 Å². The van der Waals surface area contributed by atoms with Crippen molar-refractivity contribution < 1.29 is 23.9 Å². The highest BCUT2D eigenvalue weighted by molar-refractivity contribution is 5.84. The second-order valence-electron chi connectivity index (χ2n) is 5.70. The minimum atomic E-state index is -0.627. The highest BCUT2D eigenvalue weighted by Crippen LogP contribution is 2.15. The van der Waals surface area contributed by atoms with Crippen molar-refractivity contribution >= 4 is 18.3 Å². The fourth-order valence-electron chi connectivity index (χ4n) is 1.81. The van der Waals surface area contributed by atoms with Crippen LogP contribution in [0.5, 0.6) is 0 Å². The Balaban J connectivity index is 0.00000122. The number of methoxy groups -OCH3 is 1. The van der Waals surface area contributed by atoms with Crippen LogP contribution in [-0.2, 0) is 19.1 Å². The largest absolute Gasteiger partial charge is 0.444 e. The zero-order valence-corrected chi connectivity index (χ0v) is 13.5. The zero-order chi connectivity index (χ0) is 16.5. The van der Waals surface area contributed by atoms with Gasteiger partial charge in [-0.15, -0.1) is 0 Å². The summed E-state index contributed by atoms with van der Waals surface area (Å²) in [5, 5.41) is 2.39. The van der Waals surface area contributed by atoms with Crippen LogP contribution in [0.4, 0.5) is 4.79 Å². The van der Waals surface area contributed by atoms with E-state index in [9.17, 15) is 14.4 Å². The molecule has 21 heavy (non-hydrogen) atoms. The number of nitrogens with one attached hydrogen (secondary N) is 1. The first-order valence-electron chi connectivity index (χ1n) is 6.87. The number of amides is 2. The van der Waals surface area contributed by atoms with Crippen LogP contribution >= 0.6 is 0 Å². The van der Waals surface area contributed by atoms with Gasteiger partial charge in [0.25, 0.3) is 0 Å². The fourth-order valence-corrected chi connectivity index (χ4v) is 1.81. The third-order valence-corrected chi connectivity index (χ3v) is 2.56. The maximum atomic E-state index is 11.8. The summed E-state index contributed by atoms with van der Waals surface area (Å²) < 4.78 is 9.26. The number of alkyl carbamates (subject to hydrolysis) is 1. The molecule has 1 rings (SSSR count). The second-order valence-corrected chi connectivity index (χ2v) is 5.70. The smallest absolute Gasteiger partial charge is 0.408 e. The molecule has 1 aliphatic heterocycles. The maximum absolute atomic E-state index is 11.8. The third kappa shape index (κ3) is 8.29. The van der Waals surface area contributed by atoms with E-state index in [0.717, 1.165) is 12.7 Å². The summed E-state index contributed by atoms with van der Waals surface area (Å²) in [6, 6.07) is -0.349. The SMILES string of the molecule is CC(C)(C)OC(=O)NCC(=O)N1CCCC1C=O.COC. The number of ether oxygens (including phenoxy) is 2. The van der Waals surface area contributed by atoms with E-state index in [-0.39, 0.29) is 18.5 Å². The summed E-state index contributed by atoms with van der Waals surface area (Å²) >= 11 is 0. The standard InChI is InChI=1S/C12H20N2O4.C2H6O/c1-12(2,3)18-11(17)13-7-10(16)14-6-4-5-9(14)8-15;1-3-2/h8-9H,4-7H2,1-3H3,(H,13,17);1-2H3. The highest BCUT2D eigenvalue weighted by Gasteiger charge is 2.28. The molecule has 0 aromatic heterocycles. The van der Waals surface area contributed by atoms with Crippen LogP contribution in [0.3, 0.4) is 0 Å². The normalized spacial score (nSPS) is 17.6. The quantitative estimate of drug-likeness (QED) is 0.785. The number of hydrogen-bond donors (Lipinski definition) is 1. The number of likely N-dealkylation sites (tertiary alicyclic amines) is 1. The van der Waals surface area contributed by atoms with E-state index in [1.54, 1.807) is 35.0 Å². The van der Waals surface area contributed by atoms with Gasteiger partial charge in [-0.05, 0) is 33.6 Å². The van der Waals surface area contributed by atoms with Gasteiger partial charge >= 0.3 is 6.09 Å². The number of nitrogens with zero attached hydrogens (tertiary/aromatic N) is 1. The lowest BCUT2D eigenvalue weighted by atomic mass is 10.2. The molecule has 1 fully saturated rings. The molecule has 7 nitrogen and oxygen atoms in total. The zero-order valence-electron chi connectivity index (χ0n) is 13.5. The van der Waals surface area contributed by atoms with E-state index in [1.807, 2.05) is 0 Å². The lowest BCUT2D eigenvalue weighted by molar-refractivity contribution is -0.133. The lowest BCUT2D eigenvalue weighted by Gasteiger charge is -2.22. The van der Waals surface area contributed by atoms with Gasteiger partial charge in [0.05, 0.1) is 6.04 Å². The monoisotopic (exact) mass is 302 g/mol. The number of aldehydes is 1. The van der Waals surface area contributed by atoms with E-state index in [1.165, 1.54) is 4.90 Å². The molecule has 122 valence electrons. The molecule has 0 aromatic rings. The van der Waals surface area contributed by atoms with Crippen molar-refractivity contribution in [2.45, 2.75) is 45.3 Å². The van der Waals surface area contributed by atoms with Gasteiger partial charge < -0.3 is 24.5 Å². The molecule has 0 aliphatic carbocycles. The number of hydrogen-bond acceptors (Lipinski definition) is 5. The van der Waals surface area contributed by atoms with Gasteiger partial charge in [-0.2, -0.15) is 0 Å². The minimum Gasteiger partial charge on any atom is -0.444 e. The number of carbonyl (C=O) groups is 3. The van der Waals surface area contributed by atoms with Gasteiger partial charge in [0.1, 0.15) is 18.4 Å². The molecule has 0 bridgehead atoms. The fraction of sp³-hybridized carbons (Fsp3) is 0.786. The molecule has 1 heterocycles. The number of carbonyl (C=O) groups excluding carboxylic acids is 3. The van der Waals surface area contributed by atoms with Crippen LogP contribution in [0.2, 0.25) is 0 Å². The van der Waals surface area contributed by atoms with Gasteiger partial charge in [-0.25, -0.2) is 4.79 Å². The van der Waals surface area contributed by atoms with Crippen molar-refractivity contribution in [2.24, 2.45) is 0 Å². The average molecular weight is 302 g/mol. The topological polar surface area (TPSA) is 84.9 Å². The van der Waals surface area contributed by atoms with Crippen LogP contribution in [0.1, 0.15) is 33.6 Å². The molecule has 1 unspecified atom stereocenters. The Morgan fingerprint density at radius 3 is 2.38 bits per heavy atom. The van der Waals surface area contributed by atoms with E-state index < -0.39 is 11.7 Å². The predicted octanol–water partition coefficient (Wildman–Crippen LogP) is 0.964. The molecule has 2 amide bonds. The van der Waals surface area contributed by atoms with Crippen molar-refractivity contribution in [2.75, 3.05) is 27.3 Å². The summed E-state index contributed by atoms with van der Waals surface area (Å²) in [5.41, 5.74) is -0.591. The van der Waals surface area contributed by atoms with Crippen LogP contribution in [-0.4, -0.2) is 62.1 Å². The Bertz CT molecular complexity index is 352. The van der Waals surface area contributed by atoms with Crippen molar-refractivity contribution in [1.29, 1.82) is 0 Å².